The molecule has 27 heavy (non-hydrogen) atoms. The summed E-state index contributed by atoms with van der Waals surface area (Å²) in [6.07, 6.45) is 1.90. The van der Waals surface area contributed by atoms with Crippen molar-refractivity contribution in [2.75, 3.05) is 0 Å². The van der Waals surface area contributed by atoms with Crippen molar-refractivity contribution in [1.29, 1.82) is 0 Å². The zero-order valence-electron chi connectivity index (χ0n) is 18.3. The van der Waals surface area contributed by atoms with Crippen LogP contribution in [0.3, 0.4) is 0 Å². The molecule has 0 aliphatic heterocycles. The first-order valence-electron chi connectivity index (χ1n) is 10.3. The van der Waals surface area contributed by atoms with Crippen LogP contribution in [0.5, 0.6) is 0 Å². The summed E-state index contributed by atoms with van der Waals surface area (Å²) in [7, 11) is 0. The van der Waals surface area contributed by atoms with E-state index in [1.807, 2.05) is 30.3 Å². The Hall–Kier alpha value is -1.57. The summed E-state index contributed by atoms with van der Waals surface area (Å²) < 4.78 is 0. The Morgan fingerprint density at radius 3 is 2.04 bits per heavy atom. The fourth-order valence-corrected chi connectivity index (χ4v) is 6.35. The highest BCUT2D eigenvalue weighted by Gasteiger charge is 2.72. The van der Waals surface area contributed by atoms with E-state index in [1.54, 1.807) is 0 Å². The van der Waals surface area contributed by atoms with Gasteiger partial charge in [0.25, 0.3) is 0 Å². The molecule has 2 bridgehead atoms. The molecule has 3 rings (SSSR count). The molecule has 148 valence electrons. The number of hydrogen-bond acceptors (Lipinski definition) is 2. The number of carbonyl (C=O) groups excluding carboxylic acids is 1. The Bertz CT molecular complexity index is 771. The molecule has 0 saturated heterocycles. The smallest absolute Gasteiger partial charge is 0.147 e. The van der Waals surface area contributed by atoms with Crippen molar-refractivity contribution in [3.63, 3.8) is 0 Å². The average molecular weight is 369 g/mol. The van der Waals surface area contributed by atoms with Gasteiger partial charge in [-0.15, -0.1) is 0 Å². The van der Waals surface area contributed by atoms with Crippen LogP contribution in [0.1, 0.15) is 73.8 Å². The quantitative estimate of drug-likeness (QED) is 0.592. The number of Topliss-reactive ketones (excluding diaryl/α,β-unsaturated/α-hetero) is 1. The third-order valence-electron chi connectivity index (χ3n) is 7.36. The van der Waals surface area contributed by atoms with E-state index in [0.29, 0.717) is 17.5 Å². The van der Waals surface area contributed by atoms with Crippen LogP contribution < -0.4 is 0 Å². The van der Waals surface area contributed by atoms with Crippen molar-refractivity contribution < 1.29 is 9.90 Å². The number of carbonyl (C=O) groups is 1. The molecule has 2 fully saturated rings. The van der Waals surface area contributed by atoms with Gasteiger partial charge in [-0.1, -0.05) is 85.7 Å². The van der Waals surface area contributed by atoms with Crippen molar-refractivity contribution in [3.05, 3.63) is 41.5 Å². The Kier molecular flexibility index (Phi) is 4.45. The molecule has 0 unspecified atom stereocenters. The molecule has 0 spiro atoms. The lowest BCUT2D eigenvalue weighted by Crippen LogP contribution is -2.44. The standard InChI is InChI=1S/C25H36O2/c1-22(2,3)18-17-14-15-25(21(18)27,24(17,7)8)20(23(4,5)6)19(26)16-12-10-9-11-13-16/h9-13,17-18,26H,14-15H2,1-8H3/b20-19-/t17-,18+,25-/m0/s1. The molecule has 2 heteroatoms. The van der Waals surface area contributed by atoms with Crippen LogP contribution in [0.4, 0.5) is 0 Å². The largest absolute Gasteiger partial charge is 0.507 e. The molecule has 0 aromatic heterocycles. The number of aliphatic hydroxyl groups excluding tert-OH is 1. The Morgan fingerprint density at radius 2 is 1.59 bits per heavy atom. The predicted octanol–water partition coefficient (Wildman–Crippen LogP) is 6.67. The van der Waals surface area contributed by atoms with Gasteiger partial charge in [-0.25, -0.2) is 0 Å². The lowest BCUT2D eigenvalue weighted by atomic mass is 9.57. The highest BCUT2D eigenvalue weighted by Crippen LogP contribution is 2.73. The number of aliphatic hydroxyl groups is 1. The fourth-order valence-electron chi connectivity index (χ4n) is 6.35. The van der Waals surface area contributed by atoms with E-state index in [2.05, 4.69) is 55.4 Å². The molecule has 1 aromatic carbocycles. The average Bonchev–Trinajstić information content (AvgIpc) is 2.87. The molecule has 3 atom stereocenters. The molecule has 0 heterocycles. The van der Waals surface area contributed by atoms with E-state index in [-0.39, 0.29) is 22.2 Å². The number of allylic oxidation sites excluding steroid dienone is 1. The van der Waals surface area contributed by atoms with Crippen molar-refractivity contribution >= 4 is 11.5 Å². The molecule has 0 amide bonds. The van der Waals surface area contributed by atoms with E-state index in [4.69, 9.17) is 0 Å². The maximum absolute atomic E-state index is 14.0. The number of hydrogen-bond donors (Lipinski definition) is 1. The molecular weight excluding hydrogens is 332 g/mol. The lowest BCUT2D eigenvalue weighted by Gasteiger charge is -2.45. The second kappa shape index (κ2) is 5.96. The van der Waals surface area contributed by atoms with Gasteiger partial charge in [0.05, 0.1) is 5.41 Å². The fraction of sp³-hybridized carbons (Fsp3) is 0.640. The van der Waals surface area contributed by atoms with Gasteiger partial charge in [0.2, 0.25) is 0 Å². The second-order valence-electron chi connectivity index (χ2n) is 11.3. The van der Waals surface area contributed by atoms with E-state index < -0.39 is 5.41 Å². The highest BCUT2D eigenvalue weighted by molar-refractivity contribution is 5.97. The van der Waals surface area contributed by atoms with Crippen molar-refractivity contribution in [2.45, 2.75) is 68.2 Å². The summed E-state index contributed by atoms with van der Waals surface area (Å²) in [5.41, 5.74) is 0.635. The lowest BCUT2D eigenvalue weighted by molar-refractivity contribution is -0.134. The van der Waals surface area contributed by atoms with Gasteiger partial charge in [-0.2, -0.15) is 0 Å². The molecule has 1 N–H and O–H groups in total. The third kappa shape index (κ3) is 2.70. The van der Waals surface area contributed by atoms with E-state index >= 15 is 0 Å². The summed E-state index contributed by atoms with van der Waals surface area (Å²) >= 11 is 0. The molecular formula is C25H36O2. The molecule has 1 aromatic rings. The minimum Gasteiger partial charge on any atom is -0.507 e. The Balaban J connectivity index is 2.31. The van der Waals surface area contributed by atoms with Gasteiger partial charge < -0.3 is 5.11 Å². The predicted molar refractivity (Wildman–Crippen MR) is 112 cm³/mol. The molecule has 2 aliphatic rings. The van der Waals surface area contributed by atoms with E-state index in [9.17, 15) is 9.90 Å². The van der Waals surface area contributed by atoms with E-state index in [0.717, 1.165) is 24.0 Å². The van der Waals surface area contributed by atoms with Crippen LogP contribution in [-0.2, 0) is 4.79 Å². The maximum atomic E-state index is 14.0. The highest BCUT2D eigenvalue weighted by atomic mass is 16.3. The van der Waals surface area contributed by atoms with E-state index in [1.165, 1.54) is 0 Å². The maximum Gasteiger partial charge on any atom is 0.147 e. The normalized spacial score (nSPS) is 31.2. The van der Waals surface area contributed by atoms with Gasteiger partial charge in [0.1, 0.15) is 11.5 Å². The van der Waals surface area contributed by atoms with Gasteiger partial charge in [0.15, 0.2) is 0 Å². The van der Waals surface area contributed by atoms with Gasteiger partial charge in [-0.3, -0.25) is 4.79 Å². The zero-order valence-corrected chi connectivity index (χ0v) is 18.3. The summed E-state index contributed by atoms with van der Waals surface area (Å²) in [6.45, 7) is 17.5. The number of benzene rings is 1. The van der Waals surface area contributed by atoms with Gasteiger partial charge in [0, 0.05) is 11.5 Å². The van der Waals surface area contributed by atoms with Crippen LogP contribution in [0.25, 0.3) is 5.76 Å². The van der Waals surface area contributed by atoms with Crippen molar-refractivity contribution in [3.8, 4) is 0 Å². The number of ketones is 1. The number of fused-ring (bicyclic) bond motifs is 2. The van der Waals surface area contributed by atoms with Crippen LogP contribution in [-0.4, -0.2) is 10.9 Å². The van der Waals surface area contributed by atoms with Gasteiger partial charge in [-0.05, 0) is 40.6 Å². The first kappa shape index (κ1) is 20.2. The Morgan fingerprint density at radius 1 is 1.04 bits per heavy atom. The minimum absolute atomic E-state index is 0.0437. The SMILES string of the molecule is CC(C)(C)/C(=C(/O)c1ccccc1)[C@@]12CC[C@@H]([C@@H](C(C)(C)C)C1=O)C2(C)C. The first-order valence-corrected chi connectivity index (χ1v) is 10.3. The Labute approximate surface area is 165 Å². The summed E-state index contributed by atoms with van der Waals surface area (Å²) in [5, 5.41) is 11.5. The summed E-state index contributed by atoms with van der Waals surface area (Å²) in [4.78, 5) is 14.0. The van der Waals surface area contributed by atoms with Crippen LogP contribution >= 0.6 is 0 Å². The summed E-state index contributed by atoms with van der Waals surface area (Å²) in [6, 6.07) is 9.73. The van der Waals surface area contributed by atoms with Crippen LogP contribution in [0.15, 0.2) is 35.9 Å². The summed E-state index contributed by atoms with van der Waals surface area (Å²) in [5.74, 6) is 1.07. The van der Waals surface area contributed by atoms with Crippen molar-refractivity contribution in [2.24, 2.45) is 33.5 Å². The topological polar surface area (TPSA) is 37.3 Å². The molecule has 2 aliphatic carbocycles. The monoisotopic (exact) mass is 368 g/mol. The van der Waals surface area contributed by atoms with Crippen molar-refractivity contribution in [1.82, 2.24) is 0 Å². The zero-order chi connectivity index (χ0) is 20.4. The van der Waals surface area contributed by atoms with Crippen LogP contribution in [0, 0.1) is 33.5 Å². The molecule has 2 nitrogen and oxygen atoms in total. The number of rotatable bonds is 2. The second-order valence-corrected chi connectivity index (χ2v) is 11.3. The third-order valence-corrected chi connectivity index (χ3v) is 7.36. The van der Waals surface area contributed by atoms with Gasteiger partial charge >= 0.3 is 0 Å². The van der Waals surface area contributed by atoms with Crippen LogP contribution in [0.2, 0.25) is 0 Å². The molecule has 2 saturated carbocycles. The molecule has 0 radical (unpaired) electrons. The first-order chi connectivity index (χ1) is 12.3. The minimum atomic E-state index is -0.589.